The predicted molar refractivity (Wildman–Crippen MR) is 117 cm³/mol. The normalized spacial score (nSPS) is 11.8. The molecule has 0 fully saturated rings. The van der Waals surface area contributed by atoms with Gasteiger partial charge in [0.05, 0.1) is 17.6 Å². The number of aryl methyl sites for hydroxylation is 1. The van der Waals surface area contributed by atoms with Crippen molar-refractivity contribution < 1.29 is 19.4 Å². The summed E-state index contributed by atoms with van der Waals surface area (Å²) >= 11 is 0. The summed E-state index contributed by atoms with van der Waals surface area (Å²) in [5.74, 6) is 1.76. The molecule has 2 aromatic heterocycles. The van der Waals surface area contributed by atoms with Gasteiger partial charge in [0.1, 0.15) is 23.8 Å². The standard InChI is InChI=1S/C21H30N6O4/c1-14-25-26-19-18(22-9-5-6-10-23-20(28)21(2,3)29)24-16-13-15(31-12-11-30-4)7-8-17(16)27(14)19/h7-8,13,29H,5-6,9-12H2,1-4H3,(H,22,24)(H,23,28). The molecule has 0 atom stereocenters. The van der Waals surface area contributed by atoms with Crippen molar-refractivity contribution in [3.8, 4) is 5.75 Å². The van der Waals surface area contributed by atoms with E-state index in [1.165, 1.54) is 13.8 Å². The van der Waals surface area contributed by atoms with Crippen molar-refractivity contribution in [2.24, 2.45) is 0 Å². The maximum absolute atomic E-state index is 11.7. The summed E-state index contributed by atoms with van der Waals surface area (Å²) in [6.07, 6.45) is 1.58. The van der Waals surface area contributed by atoms with Gasteiger partial charge in [0, 0.05) is 26.3 Å². The number of hydrogen-bond acceptors (Lipinski definition) is 8. The maximum atomic E-state index is 11.7. The van der Waals surface area contributed by atoms with Gasteiger partial charge >= 0.3 is 0 Å². The Balaban J connectivity index is 1.68. The van der Waals surface area contributed by atoms with Crippen molar-refractivity contribution in [2.45, 2.75) is 39.2 Å². The molecule has 10 nitrogen and oxygen atoms in total. The van der Waals surface area contributed by atoms with Crippen LogP contribution in [0.5, 0.6) is 5.75 Å². The number of unbranched alkanes of at least 4 members (excludes halogenated alkanes) is 1. The smallest absolute Gasteiger partial charge is 0.251 e. The van der Waals surface area contributed by atoms with Crippen LogP contribution in [0.15, 0.2) is 18.2 Å². The van der Waals surface area contributed by atoms with E-state index in [1.807, 2.05) is 29.5 Å². The lowest BCUT2D eigenvalue weighted by molar-refractivity contribution is -0.136. The molecular weight excluding hydrogens is 400 g/mol. The number of amides is 1. The molecule has 3 aromatic rings. The van der Waals surface area contributed by atoms with E-state index >= 15 is 0 Å². The topological polar surface area (TPSA) is 123 Å². The number of rotatable bonds is 11. The maximum Gasteiger partial charge on any atom is 0.251 e. The molecule has 3 N–H and O–H groups in total. The zero-order chi connectivity index (χ0) is 22.4. The summed E-state index contributed by atoms with van der Waals surface area (Å²) in [7, 11) is 1.64. The Bertz CT molecular complexity index is 1040. The summed E-state index contributed by atoms with van der Waals surface area (Å²) < 4.78 is 12.7. The minimum atomic E-state index is -1.36. The molecule has 0 aliphatic carbocycles. The highest BCUT2D eigenvalue weighted by Crippen LogP contribution is 2.25. The average Bonchev–Trinajstić information content (AvgIpc) is 3.11. The molecule has 0 saturated heterocycles. The molecule has 0 bridgehead atoms. The Labute approximate surface area is 181 Å². The van der Waals surface area contributed by atoms with E-state index < -0.39 is 5.60 Å². The molecule has 0 spiro atoms. The van der Waals surface area contributed by atoms with E-state index in [-0.39, 0.29) is 5.91 Å². The molecule has 2 heterocycles. The van der Waals surface area contributed by atoms with Gasteiger partial charge in [0.2, 0.25) is 5.65 Å². The number of methoxy groups -OCH3 is 1. The quantitative estimate of drug-likeness (QED) is 0.393. The summed E-state index contributed by atoms with van der Waals surface area (Å²) in [5, 5.41) is 24.2. The Morgan fingerprint density at radius 2 is 1.97 bits per heavy atom. The van der Waals surface area contributed by atoms with Gasteiger partial charge in [-0.25, -0.2) is 4.98 Å². The molecule has 0 aliphatic rings. The number of carbonyl (C=O) groups excluding carboxylic acids is 1. The first-order valence-corrected chi connectivity index (χ1v) is 10.3. The van der Waals surface area contributed by atoms with Crippen LogP contribution in [-0.2, 0) is 9.53 Å². The van der Waals surface area contributed by atoms with Crippen molar-refractivity contribution in [1.82, 2.24) is 24.9 Å². The van der Waals surface area contributed by atoms with Gasteiger partial charge in [-0.3, -0.25) is 9.20 Å². The number of aromatic nitrogens is 4. The van der Waals surface area contributed by atoms with E-state index in [4.69, 9.17) is 14.5 Å². The van der Waals surface area contributed by atoms with Gasteiger partial charge in [-0.05, 0) is 45.7 Å². The number of aliphatic hydroxyl groups is 1. The highest BCUT2D eigenvalue weighted by atomic mass is 16.5. The SMILES string of the molecule is COCCOc1ccc2c(c1)nc(NCCCCNC(=O)C(C)(C)O)c1nnc(C)n12. The van der Waals surface area contributed by atoms with Gasteiger partial charge in [0.25, 0.3) is 5.91 Å². The molecule has 0 saturated carbocycles. The first-order chi connectivity index (χ1) is 14.8. The van der Waals surface area contributed by atoms with E-state index in [1.54, 1.807) is 7.11 Å². The Hall–Kier alpha value is -2.98. The number of hydrogen-bond donors (Lipinski definition) is 3. The average molecular weight is 431 g/mol. The van der Waals surface area contributed by atoms with Crippen LogP contribution in [0.4, 0.5) is 5.82 Å². The van der Waals surface area contributed by atoms with Crippen LogP contribution in [0, 0.1) is 6.92 Å². The molecule has 168 valence electrons. The van der Waals surface area contributed by atoms with E-state index in [0.29, 0.717) is 37.8 Å². The fourth-order valence-electron chi connectivity index (χ4n) is 3.08. The summed E-state index contributed by atoms with van der Waals surface area (Å²) in [4.78, 5) is 16.4. The van der Waals surface area contributed by atoms with Gasteiger partial charge < -0.3 is 25.2 Å². The fourth-order valence-corrected chi connectivity index (χ4v) is 3.08. The van der Waals surface area contributed by atoms with Gasteiger partial charge in [-0.1, -0.05) is 0 Å². The van der Waals surface area contributed by atoms with Crippen molar-refractivity contribution in [1.29, 1.82) is 0 Å². The van der Waals surface area contributed by atoms with Gasteiger partial charge in [-0.2, -0.15) is 0 Å². The van der Waals surface area contributed by atoms with E-state index in [0.717, 1.165) is 35.4 Å². The first-order valence-electron chi connectivity index (χ1n) is 10.3. The van der Waals surface area contributed by atoms with Crippen LogP contribution in [0.1, 0.15) is 32.5 Å². The van der Waals surface area contributed by atoms with Gasteiger partial charge in [-0.15, -0.1) is 10.2 Å². The summed E-state index contributed by atoms with van der Waals surface area (Å²) in [5.41, 5.74) is 0.964. The van der Waals surface area contributed by atoms with Crippen molar-refractivity contribution >= 4 is 28.4 Å². The summed E-state index contributed by atoms with van der Waals surface area (Å²) in [6.45, 7) is 6.96. The number of anilines is 1. The Kier molecular flexibility index (Phi) is 7.24. The number of benzene rings is 1. The third-order valence-electron chi connectivity index (χ3n) is 4.75. The largest absolute Gasteiger partial charge is 0.491 e. The zero-order valence-corrected chi connectivity index (χ0v) is 18.4. The lowest BCUT2D eigenvalue weighted by atomic mass is 10.1. The van der Waals surface area contributed by atoms with Crippen molar-refractivity contribution in [2.75, 3.05) is 38.7 Å². The molecule has 31 heavy (non-hydrogen) atoms. The Morgan fingerprint density at radius 3 is 2.71 bits per heavy atom. The molecule has 0 radical (unpaired) electrons. The van der Waals surface area contributed by atoms with Crippen LogP contribution >= 0.6 is 0 Å². The fraction of sp³-hybridized carbons (Fsp3) is 0.524. The van der Waals surface area contributed by atoms with E-state index in [2.05, 4.69) is 20.8 Å². The molecule has 1 aromatic carbocycles. The monoisotopic (exact) mass is 430 g/mol. The highest BCUT2D eigenvalue weighted by molar-refractivity contribution is 5.84. The molecule has 3 rings (SSSR count). The van der Waals surface area contributed by atoms with Crippen LogP contribution in [0.3, 0.4) is 0 Å². The molecule has 0 unspecified atom stereocenters. The predicted octanol–water partition coefficient (Wildman–Crippen LogP) is 1.69. The molecular formula is C21H30N6O4. The van der Waals surface area contributed by atoms with Crippen molar-refractivity contribution in [3.05, 3.63) is 24.0 Å². The second-order valence-electron chi connectivity index (χ2n) is 7.81. The number of nitrogens with one attached hydrogen (secondary N) is 2. The van der Waals surface area contributed by atoms with E-state index in [9.17, 15) is 9.90 Å². The second kappa shape index (κ2) is 9.88. The van der Waals surface area contributed by atoms with Crippen LogP contribution in [0.2, 0.25) is 0 Å². The number of nitrogens with zero attached hydrogens (tertiary/aromatic N) is 4. The van der Waals surface area contributed by atoms with Crippen LogP contribution < -0.4 is 15.4 Å². The Morgan fingerprint density at radius 1 is 1.19 bits per heavy atom. The number of ether oxygens (including phenoxy) is 2. The third kappa shape index (κ3) is 5.59. The zero-order valence-electron chi connectivity index (χ0n) is 18.4. The van der Waals surface area contributed by atoms with Crippen LogP contribution in [0.25, 0.3) is 16.7 Å². The third-order valence-corrected chi connectivity index (χ3v) is 4.75. The minimum Gasteiger partial charge on any atom is -0.491 e. The lowest BCUT2D eigenvalue weighted by Gasteiger charge is -2.16. The number of fused-ring (bicyclic) bond motifs is 3. The van der Waals surface area contributed by atoms with Gasteiger partial charge in [0.15, 0.2) is 5.82 Å². The molecule has 10 heteroatoms. The lowest BCUT2D eigenvalue weighted by Crippen LogP contribution is -2.42. The minimum absolute atomic E-state index is 0.374. The first kappa shape index (κ1) is 22.7. The number of carbonyl (C=O) groups is 1. The van der Waals surface area contributed by atoms with Crippen molar-refractivity contribution in [3.63, 3.8) is 0 Å². The summed E-state index contributed by atoms with van der Waals surface area (Å²) in [6, 6.07) is 5.73. The highest BCUT2D eigenvalue weighted by Gasteiger charge is 2.22. The van der Waals surface area contributed by atoms with Crippen LogP contribution in [-0.4, -0.2) is 69.6 Å². The second-order valence-corrected chi connectivity index (χ2v) is 7.81. The molecule has 1 amide bonds. The molecule has 0 aliphatic heterocycles.